The second-order valence-electron chi connectivity index (χ2n) is 6.72. The lowest BCUT2D eigenvalue weighted by Gasteiger charge is -2.24. The van der Waals surface area contributed by atoms with E-state index in [-0.39, 0.29) is 25.2 Å². The first-order chi connectivity index (χ1) is 13.5. The average molecular weight is 435 g/mol. The van der Waals surface area contributed by atoms with Gasteiger partial charge < -0.3 is 31.9 Å². The molecule has 0 aliphatic heterocycles. The van der Waals surface area contributed by atoms with Crippen molar-refractivity contribution in [3.8, 4) is 0 Å². The summed E-state index contributed by atoms with van der Waals surface area (Å²) < 4.78 is 0. The van der Waals surface area contributed by atoms with Crippen LogP contribution in [0.15, 0.2) is 0 Å². The second-order valence-corrected chi connectivity index (χ2v) is 7.70. The van der Waals surface area contributed by atoms with Crippen molar-refractivity contribution >= 4 is 41.4 Å². The molecule has 3 unspecified atom stereocenters. The summed E-state index contributed by atoms with van der Waals surface area (Å²) in [5.74, 6) is -4.11. The van der Waals surface area contributed by atoms with Crippen LogP contribution in [0.3, 0.4) is 0 Å². The number of carboxylic acid groups (broad SMARTS) is 2. The Morgan fingerprint density at radius 1 is 0.897 bits per heavy atom. The molecule has 166 valence electrons. The van der Waals surface area contributed by atoms with Gasteiger partial charge in [0.05, 0.1) is 6.04 Å². The fourth-order valence-electron chi connectivity index (χ4n) is 2.17. The van der Waals surface area contributed by atoms with Crippen LogP contribution in [-0.2, 0) is 24.0 Å². The third-order valence-electron chi connectivity index (χ3n) is 3.96. The zero-order chi connectivity index (χ0) is 22.6. The van der Waals surface area contributed by atoms with Crippen LogP contribution in [-0.4, -0.2) is 76.6 Å². The summed E-state index contributed by atoms with van der Waals surface area (Å²) >= 11 is 1.43. The van der Waals surface area contributed by atoms with Crippen molar-refractivity contribution in [3.63, 3.8) is 0 Å². The molecule has 0 saturated heterocycles. The molecule has 0 spiro atoms. The van der Waals surface area contributed by atoms with E-state index < -0.39 is 54.3 Å². The first-order valence-corrected chi connectivity index (χ1v) is 10.5. The van der Waals surface area contributed by atoms with E-state index in [1.807, 2.05) is 0 Å². The highest BCUT2D eigenvalue weighted by Crippen LogP contribution is 2.06. The smallest absolute Gasteiger partial charge is 0.322 e. The minimum atomic E-state index is -1.23. The van der Waals surface area contributed by atoms with Crippen molar-refractivity contribution < 1.29 is 34.2 Å². The molecule has 0 heterocycles. The summed E-state index contributed by atoms with van der Waals surface area (Å²) in [5.41, 5.74) is 5.76. The lowest BCUT2D eigenvalue weighted by atomic mass is 10.0. The Bertz CT molecular complexity index is 600. The van der Waals surface area contributed by atoms with E-state index >= 15 is 0 Å². The van der Waals surface area contributed by atoms with E-state index in [2.05, 4.69) is 16.0 Å². The van der Waals surface area contributed by atoms with Gasteiger partial charge in [0.2, 0.25) is 17.7 Å². The molecule has 0 radical (unpaired) electrons. The van der Waals surface area contributed by atoms with Gasteiger partial charge in [0.25, 0.3) is 0 Å². The minimum Gasteiger partial charge on any atom is -0.481 e. The zero-order valence-electron chi connectivity index (χ0n) is 16.8. The largest absolute Gasteiger partial charge is 0.481 e. The molecule has 0 saturated carbocycles. The summed E-state index contributed by atoms with van der Waals surface area (Å²) in [4.78, 5) is 58.6. The van der Waals surface area contributed by atoms with Gasteiger partial charge in [0, 0.05) is 6.42 Å². The van der Waals surface area contributed by atoms with Crippen LogP contribution < -0.4 is 21.7 Å². The number of nitrogens with two attached hydrogens (primary N) is 1. The number of hydrogen-bond acceptors (Lipinski definition) is 7. The first-order valence-electron chi connectivity index (χ1n) is 9.06. The van der Waals surface area contributed by atoms with Crippen molar-refractivity contribution in [2.45, 2.75) is 51.2 Å². The number of hydrogen-bond donors (Lipinski definition) is 6. The molecule has 3 amide bonds. The van der Waals surface area contributed by atoms with E-state index in [4.69, 9.17) is 15.9 Å². The number of nitrogens with one attached hydrogen (secondary N) is 3. The quantitative estimate of drug-likeness (QED) is 0.194. The van der Waals surface area contributed by atoms with E-state index in [0.717, 1.165) is 0 Å². The minimum absolute atomic E-state index is 0.191. The van der Waals surface area contributed by atoms with Crippen LogP contribution in [0.5, 0.6) is 0 Å². The van der Waals surface area contributed by atoms with Crippen LogP contribution in [0.2, 0.25) is 0 Å². The monoisotopic (exact) mass is 434 g/mol. The van der Waals surface area contributed by atoms with E-state index in [0.29, 0.717) is 5.75 Å². The van der Waals surface area contributed by atoms with Crippen molar-refractivity contribution in [3.05, 3.63) is 0 Å². The molecule has 0 rings (SSSR count). The lowest BCUT2D eigenvalue weighted by molar-refractivity contribution is -0.138. The molecule has 12 heteroatoms. The van der Waals surface area contributed by atoms with Gasteiger partial charge in [-0.1, -0.05) is 13.8 Å². The Labute approximate surface area is 173 Å². The van der Waals surface area contributed by atoms with E-state index in [1.54, 1.807) is 20.1 Å². The van der Waals surface area contributed by atoms with E-state index in [1.165, 1.54) is 11.8 Å². The summed E-state index contributed by atoms with van der Waals surface area (Å²) in [6.07, 6.45) is 1.46. The standard InChI is InChI=1S/C17H30N4O7S/c1-9(2)14(18)17(28)21-10(4-5-12(22)23)16(27)20-11(6-7-29-3)15(26)19-8-13(24)25/h9-11,14H,4-8,18H2,1-3H3,(H,19,26)(H,20,27)(H,21,28)(H,22,23)(H,24,25). The van der Waals surface area contributed by atoms with Gasteiger partial charge >= 0.3 is 11.9 Å². The predicted octanol–water partition coefficient (Wildman–Crippen LogP) is -1.24. The molecule has 0 fully saturated rings. The number of carboxylic acids is 2. The van der Waals surface area contributed by atoms with Crippen LogP contribution in [0.4, 0.5) is 0 Å². The number of aliphatic carboxylic acids is 2. The van der Waals surface area contributed by atoms with Crippen molar-refractivity contribution in [2.75, 3.05) is 18.6 Å². The second kappa shape index (κ2) is 13.8. The molecule has 0 aromatic carbocycles. The summed E-state index contributed by atoms with van der Waals surface area (Å²) in [6.45, 7) is 2.84. The van der Waals surface area contributed by atoms with Crippen molar-refractivity contribution in [1.29, 1.82) is 0 Å². The molecule has 0 aliphatic rings. The topological polar surface area (TPSA) is 188 Å². The highest BCUT2D eigenvalue weighted by atomic mass is 32.2. The predicted molar refractivity (Wildman–Crippen MR) is 107 cm³/mol. The molecule has 0 aliphatic carbocycles. The number of carbonyl (C=O) groups excluding carboxylic acids is 3. The summed E-state index contributed by atoms with van der Waals surface area (Å²) in [6, 6.07) is -3.12. The van der Waals surface area contributed by atoms with Gasteiger partial charge in [0.15, 0.2) is 0 Å². The Kier molecular flexibility index (Phi) is 12.7. The SMILES string of the molecule is CSCCC(NC(=O)C(CCC(=O)O)NC(=O)C(N)C(C)C)C(=O)NCC(=O)O. The summed E-state index contributed by atoms with van der Waals surface area (Å²) in [5, 5.41) is 24.7. The fraction of sp³-hybridized carbons (Fsp3) is 0.706. The Balaban J connectivity index is 5.25. The van der Waals surface area contributed by atoms with E-state index in [9.17, 15) is 24.0 Å². The van der Waals surface area contributed by atoms with Crippen LogP contribution in [0, 0.1) is 5.92 Å². The third-order valence-corrected chi connectivity index (χ3v) is 4.60. The van der Waals surface area contributed by atoms with Crippen LogP contribution >= 0.6 is 11.8 Å². The van der Waals surface area contributed by atoms with Crippen molar-refractivity contribution in [1.82, 2.24) is 16.0 Å². The number of carbonyl (C=O) groups is 5. The van der Waals surface area contributed by atoms with Gasteiger partial charge in [-0.3, -0.25) is 24.0 Å². The highest BCUT2D eigenvalue weighted by Gasteiger charge is 2.29. The van der Waals surface area contributed by atoms with Crippen LogP contribution in [0.25, 0.3) is 0 Å². The van der Waals surface area contributed by atoms with Gasteiger partial charge in [-0.2, -0.15) is 11.8 Å². The molecule has 0 aromatic heterocycles. The van der Waals surface area contributed by atoms with Gasteiger partial charge in [0.1, 0.15) is 18.6 Å². The molecule has 0 aromatic rings. The molecule has 3 atom stereocenters. The first kappa shape index (κ1) is 26.7. The zero-order valence-corrected chi connectivity index (χ0v) is 17.6. The fourth-order valence-corrected chi connectivity index (χ4v) is 2.64. The molecule has 29 heavy (non-hydrogen) atoms. The Morgan fingerprint density at radius 2 is 1.45 bits per heavy atom. The number of rotatable bonds is 14. The number of amides is 3. The maximum Gasteiger partial charge on any atom is 0.322 e. The van der Waals surface area contributed by atoms with Gasteiger partial charge in [-0.25, -0.2) is 0 Å². The molecule has 11 nitrogen and oxygen atoms in total. The van der Waals surface area contributed by atoms with Gasteiger partial charge in [-0.15, -0.1) is 0 Å². The highest BCUT2D eigenvalue weighted by molar-refractivity contribution is 7.98. The normalized spacial score (nSPS) is 13.8. The molecule has 7 N–H and O–H groups in total. The summed E-state index contributed by atoms with van der Waals surface area (Å²) in [7, 11) is 0. The van der Waals surface area contributed by atoms with Crippen molar-refractivity contribution in [2.24, 2.45) is 11.7 Å². The molecular formula is C17H30N4O7S. The number of thioether (sulfide) groups is 1. The maximum atomic E-state index is 12.6. The Morgan fingerprint density at radius 3 is 1.93 bits per heavy atom. The van der Waals surface area contributed by atoms with Crippen LogP contribution in [0.1, 0.15) is 33.1 Å². The lowest BCUT2D eigenvalue weighted by Crippen LogP contribution is -2.56. The Hall–Kier alpha value is -2.34. The average Bonchev–Trinajstić information content (AvgIpc) is 2.64. The molecule has 0 bridgehead atoms. The molecular weight excluding hydrogens is 404 g/mol. The third kappa shape index (κ3) is 11.3. The van der Waals surface area contributed by atoms with Gasteiger partial charge in [-0.05, 0) is 30.8 Å². The maximum absolute atomic E-state index is 12.6.